The normalized spacial score (nSPS) is 16.3. The Labute approximate surface area is 179 Å². The lowest BCUT2D eigenvalue weighted by Gasteiger charge is -2.10. The van der Waals surface area contributed by atoms with Gasteiger partial charge in [-0.1, -0.05) is 41.6 Å². The number of aliphatic hydroxyl groups is 1. The number of methoxy groups -OCH3 is 2. The van der Waals surface area contributed by atoms with Crippen LogP contribution in [0.4, 0.5) is 5.69 Å². The Hall–Kier alpha value is -3.19. The molecule has 0 aliphatic carbocycles. The number of carbonyl (C=O) groups excluding carboxylic acids is 1. The van der Waals surface area contributed by atoms with E-state index in [1.54, 1.807) is 33.3 Å². The van der Waals surface area contributed by atoms with E-state index >= 15 is 0 Å². The van der Waals surface area contributed by atoms with Crippen molar-refractivity contribution < 1.29 is 24.1 Å². The summed E-state index contributed by atoms with van der Waals surface area (Å²) >= 11 is 1.20. The highest BCUT2D eigenvalue weighted by Crippen LogP contribution is 2.42. The summed E-state index contributed by atoms with van der Waals surface area (Å²) in [7, 11) is 3.10. The van der Waals surface area contributed by atoms with Crippen molar-refractivity contribution in [2.45, 2.75) is 13.8 Å². The highest BCUT2D eigenvalue weighted by atomic mass is 32.2. The maximum atomic E-state index is 12.5. The van der Waals surface area contributed by atoms with E-state index in [1.165, 1.54) is 11.8 Å². The number of rotatable bonds is 6. The molecular weight excluding hydrogens is 402 g/mol. The molecule has 7 heteroatoms. The van der Waals surface area contributed by atoms with Crippen molar-refractivity contribution in [1.82, 2.24) is 0 Å². The topological polar surface area (TPSA) is 77.4 Å². The summed E-state index contributed by atoms with van der Waals surface area (Å²) in [6.07, 6.45) is 1.73. The minimum Gasteiger partial charge on any atom is -0.506 e. The van der Waals surface area contributed by atoms with E-state index in [-0.39, 0.29) is 17.9 Å². The minimum absolute atomic E-state index is 0.0514. The smallest absolute Gasteiger partial charge is 0.344 e. The van der Waals surface area contributed by atoms with Gasteiger partial charge in [-0.15, -0.1) is 0 Å². The van der Waals surface area contributed by atoms with Crippen LogP contribution in [-0.4, -0.2) is 36.9 Å². The number of hydrogen-bond donors (Lipinski definition) is 1. The molecule has 6 nitrogen and oxygen atoms in total. The number of aryl methyl sites for hydroxylation is 1. The van der Waals surface area contributed by atoms with E-state index in [0.29, 0.717) is 32.7 Å². The SMILES string of the molecule is CCOC(=O)C1=C(O)/C(=C/c2cccc(OC)c2OC)SC1=Nc1ccc(C)cc1. The number of aliphatic imine (C=N–C) groups is 1. The van der Waals surface area contributed by atoms with E-state index in [4.69, 9.17) is 14.2 Å². The Kier molecular flexibility index (Phi) is 6.84. The minimum atomic E-state index is -0.616. The quantitative estimate of drug-likeness (QED) is 0.641. The Balaban J connectivity index is 2.08. The van der Waals surface area contributed by atoms with Crippen molar-refractivity contribution in [3.05, 3.63) is 69.8 Å². The van der Waals surface area contributed by atoms with Gasteiger partial charge < -0.3 is 19.3 Å². The molecule has 0 atom stereocenters. The molecule has 2 aromatic carbocycles. The molecule has 0 unspecified atom stereocenters. The van der Waals surface area contributed by atoms with Crippen LogP contribution >= 0.6 is 11.8 Å². The summed E-state index contributed by atoms with van der Waals surface area (Å²) in [6.45, 7) is 3.90. The first-order chi connectivity index (χ1) is 14.5. The van der Waals surface area contributed by atoms with E-state index in [0.717, 1.165) is 5.56 Å². The van der Waals surface area contributed by atoms with Gasteiger partial charge in [-0.3, -0.25) is 0 Å². The zero-order valence-electron chi connectivity index (χ0n) is 17.3. The average Bonchev–Trinajstić information content (AvgIpc) is 3.04. The van der Waals surface area contributed by atoms with Crippen LogP contribution in [0.2, 0.25) is 0 Å². The van der Waals surface area contributed by atoms with Gasteiger partial charge in [-0.2, -0.15) is 0 Å². The van der Waals surface area contributed by atoms with Crippen LogP contribution in [0.5, 0.6) is 11.5 Å². The Morgan fingerprint density at radius 3 is 2.50 bits per heavy atom. The van der Waals surface area contributed by atoms with E-state index in [9.17, 15) is 9.90 Å². The van der Waals surface area contributed by atoms with Crippen molar-refractivity contribution >= 4 is 34.5 Å². The number of nitrogens with zero attached hydrogens (tertiary/aromatic N) is 1. The van der Waals surface area contributed by atoms with Gasteiger partial charge in [-0.25, -0.2) is 9.79 Å². The maximum Gasteiger partial charge on any atom is 0.344 e. The molecule has 0 aromatic heterocycles. The fourth-order valence-electron chi connectivity index (χ4n) is 2.90. The molecule has 0 spiro atoms. The maximum absolute atomic E-state index is 12.5. The predicted molar refractivity (Wildman–Crippen MR) is 120 cm³/mol. The molecule has 3 rings (SSSR count). The fraction of sp³-hybridized carbons (Fsp3) is 0.217. The van der Waals surface area contributed by atoms with E-state index in [1.807, 2.05) is 43.3 Å². The van der Waals surface area contributed by atoms with Crippen LogP contribution in [0.3, 0.4) is 0 Å². The summed E-state index contributed by atoms with van der Waals surface area (Å²) in [5.74, 6) is 0.309. The third-order valence-corrected chi connectivity index (χ3v) is 5.37. The summed E-state index contributed by atoms with van der Waals surface area (Å²) in [5, 5.41) is 11.2. The largest absolute Gasteiger partial charge is 0.506 e. The number of para-hydroxylation sites is 1. The van der Waals surface area contributed by atoms with Gasteiger partial charge in [0.1, 0.15) is 16.4 Å². The van der Waals surface area contributed by atoms with Gasteiger partial charge in [0.2, 0.25) is 0 Å². The standard InChI is InChI=1S/C23H23NO5S/c1-5-29-23(26)19-20(25)18(13-15-7-6-8-17(27-3)21(15)28-4)30-22(19)24-16-11-9-14(2)10-12-16/h6-13,25H,5H2,1-4H3/b18-13-,24-22?. The highest BCUT2D eigenvalue weighted by Gasteiger charge is 2.33. The lowest BCUT2D eigenvalue weighted by molar-refractivity contribution is -0.138. The number of carbonyl (C=O) groups is 1. The lowest BCUT2D eigenvalue weighted by atomic mass is 10.1. The van der Waals surface area contributed by atoms with Crippen LogP contribution in [0, 0.1) is 6.92 Å². The van der Waals surface area contributed by atoms with Crippen LogP contribution in [0.25, 0.3) is 6.08 Å². The second-order valence-corrected chi connectivity index (χ2v) is 7.42. The van der Waals surface area contributed by atoms with Gasteiger partial charge in [0, 0.05) is 5.56 Å². The summed E-state index contributed by atoms with van der Waals surface area (Å²) in [6, 6.07) is 13.0. The van der Waals surface area contributed by atoms with Crippen molar-refractivity contribution in [2.75, 3.05) is 20.8 Å². The zero-order valence-corrected chi connectivity index (χ0v) is 18.1. The summed E-state index contributed by atoms with van der Waals surface area (Å²) in [5.41, 5.74) is 2.53. The average molecular weight is 426 g/mol. The molecule has 0 amide bonds. The lowest BCUT2D eigenvalue weighted by Crippen LogP contribution is -2.12. The molecule has 156 valence electrons. The molecule has 1 aliphatic rings. The Morgan fingerprint density at radius 1 is 1.13 bits per heavy atom. The summed E-state index contributed by atoms with van der Waals surface area (Å²) < 4.78 is 15.9. The van der Waals surface area contributed by atoms with Gasteiger partial charge in [-0.05, 0) is 38.1 Å². The van der Waals surface area contributed by atoms with Crippen molar-refractivity contribution in [1.29, 1.82) is 0 Å². The molecule has 1 heterocycles. The van der Waals surface area contributed by atoms with Crippen LogP contribution < -0.4 is 9.47 Å². The van der Waals surface area contributed by atoms with Gasteiger partial charge in [0.05, 0.1) is 31.4 Å². The molecule has 2 aromatic rings. The number of ether oxygens (including phenoxy) is 3. The third-order valence-electron chi connectivity index (χ3n) is 4.35. The number of esters is 1. The van der Waals surface area contributed by atoms with Gasteiger partial charge >= 0.3 is 5.97 Å². The molecular formula is C23H23NO5S. The molecule has 0 saturated heterocycles. The van der Waals surface area contributed by atoms with Crippen molar-refractivity contribution in [3.63, 3.8) is 0 Å². The number of thioether (sulfide) groups is 1. The predicted octanol–water partition coefficient (Wildman–Crippen LogP) is 5.21. The second-order valence-electron chi connectivity index (χ2n) is 6.39. The number of hydrogen-bond acceptors (Lipinski definition) is 7. The van der Waals surface area contributed by atoms with Gasteiger partial charge in [0.15, 0.2) is 11.5 Å². The highest BCUT2D eigenvalue weighted by molar-refractivity contribution is 8.18. The van der Waals surface area contributed by atoms with Crippen LogP contribution in [0.15, 0.2) is 63.7 Å². The van der Waals surface area contributed by atoms with Crippen molar-refractivity contribution in [2.24, 2.45) is 4.99 Å². The van der Waals surface area contributed by atoms with Crippen LogP contribution in [0.1, 0.15) is 18.1 Å². The molecule has 0 saturated carbocycles. The monoisotopic (exact) mass is 425 g/mol. The third kappa shape index (κ3) is 4.52. The first-order valence-corrected chi connectivity index (χ1v) is 10.2. The number of aliphatic hydroxyl groups excluding tert-OH is 1. The van der Waals surface area contributed by atoms with Crippen molar-refractivity contribution in [3.8, 4) is 11.5 Å². The van der Waals surface area contributed by atoms with Gasteiger partial charge in [0.25, 0.3) is 0 Å². The molecule has 30 heavy (non-hydrogen) atoms. The fourth-order valence-corrected chi connectivity index (χ4v) is 3.92. The Morgan fingerprint density at radius 2 is 1.87 bits per heavy atom. The zero-order chi connectivity index (χ0) is 21.7. The molecule has 1 aliphatic heterocycles. The van der Waals surface area contributed by atoms with Crippen LogP contribution in [-0.2, 0) is 9.53 Å². The molecule has 1 N–H and O–H groups in total. The second kappa shape index (κ2) is 9.54. The summed E-state index contributed by atoms with van der Waals surface area (Å²) in [4.78, 5) is 17.6. The van der Waals surface area contributed by atoms with E-state index < -0.39 is 5.97 Å². The molecule has 0 fully saturated rings. The Bertz CT molecular complexity index is 1040. The van der Waals surface area contributed by atoms with E-state index in [2.05, 4.69) is 4.99 Å². The molecule has 0 bridgehead atoms. The first-order valence-electron chi connectivity index (χ1n) is 9.35. The first kappa shape index (κ1) is 21.5. The molecule has 0 radical (unpaired) electrons. The number of benzene rings is 2.